The number of hydrogen-bond acceptors (Lipinski definition) is 4. The van der Waals surface area contributed by atoms with Gasteiger partial charge in [-0.05, 0) is 13.0 Å². The molecular weight excluding hydrogens is 227 g/mol. The van der Waals surface area contributed by atoms with Crippen molar-refractivity contribution in [2.75, 3.05) is 6.61 Å². The third-order valence-electron chi connectivity index (χ3n) is 2.50. The van der Waals surface area contributed by atoms with E-state index in [2.05, 4.69) is 0 Å². The number of cyclic esters (lactones) is 1. The largest absolute Gasteiger partial charge is 0.466 e. The molecular formula is C12H11FO4. The predicted octanol–water partition coefficient (Wildman–Crippen LogP) is 1.99. The minimum absolute atomic E-state index is 0.0817. The summed E-state index contributed by atoms with van der Waals surface area (Å²) in [6, 6.07) is 4.24. The van der Waals surface area contributed by atoms with E-state index in [4.69, 9.17) is 9.47 Å². The zero-order valence-electron chi connectivity index (χ0n) is 9.23. The minimum atomic E-state index is -0.743. The first kappa shape index (κ1) is 11.6. The van der Waals surface area contributed by atoms with Crippen molar-refractivity contribution in [3.05, 3.63) is 35.1 Å². The molecule has 1 aliphatic heterocycles. The number of halogens is 1. The van der Waals surface area contributed by atoms with Crippen LogP contribution in [0.2, 0.25) is 0 Å². The maximum absolute atomic E-state index is 13.4. The average molecular weight is 238 g/mol. The lowest BCUT2D eigenvalue weighted by atomic mass is 10.0. The monoisotopic (exact) mass is 238 g/mol. The molecule has 4 nitrogen and oxygen atoms in total. The van der Waals surface area contributed by atoms with Gasteiger partial charge in [0, 0.05) is 5.56 Å². The van der Waals surface area contributed by atoms with Crippen molar-refractivity contribution in [3.8, 4) is 0 Å². The Labute approximate surface area is 97.3 Å². The molecule has 1 aromatic rings. The fourth-order valence-corrected chi connectivity index (χ4v) is 1.80. The molecule has 0 aliphatic carbocycles. The third kappa shape index (κ3) is 2.13. The summed E-state index contributed by atoms with van der Waals surface area (Å²) in [5.41, 5.74) is 0.324. The summed E-state index contributed by atoms with van der Waals surface area (Å²) in [6.45, 7) is 1.95. The van der Waals surface area contributed by atoms with Crippen LogP contribution in [0.1, 0.15) is 35.4 Å². The molecule has 1 aliphatic rings. The van der Waals surface area contributed by atoms with Gasteiger partial charge in [0.2, 0.25) is 0 Å². The van der Waals surface area contributed by atoms with Gasteiger partial charge in [0.1, 0.15) is 17.5 Å². The number of hydrogen-bond donors (Lipinski definition) is 0. The molecule has 0 radical (unpaired) electrons. The van der Waals surface area contributed by atoms with Crippen LogP contribution < -0.4 is 0 Å². The van der Waals surface area contributed by atoms with Crippen LogP contribution in [0.3, 0.4) is 0 Å². The van der Waals surface area contributed by atoms with E-state index >= 15 is 0 Å². The van der Waals surface area contributed by atoms with Crippen LogP contribution in [-0.2, 0) is 14.3 Å². The summed E-state index contributed by atoms with van der Waals surface area (Å²) >= 11 is 0. The highest BCUT2D eigenvalue weighted by Crippen LogP contribution is 2.34. The van der Waals surface area contributed by atoms with Gasteiger partial charge in [0.25, 0.3) is 0 Å². The van der Waals surface area contributed by atoms with Gasteiger partial charge in [-0.2, -0.15) is 0 Å². The Morgan fingerprint density at radius 1 is 1.53 bits per heavy atom. The smallest absolute Gasteiger partial charge is 0.342 e. The van der Waals surface area contributed by atoms with E-state index < -0.39 is 23.9 Å². The van der Waals surface area contributed by atoms with Crippen molar-refractivity contribution >= 4 is 11.9 Å². The Bertz CT molecular complexity index is 470. The number of benzene rings is 1. The Balaban J connectivity index is 2.23. The Kier molecular flexibility index (Phi) is 3.08. The Morgan fingerprint density at radius 2 is 2.29 bits per heavy atom. The highest BCUT2D eigenvalue weighted by molar-refractivity contribution is 5.94. The van der Waals surface area contributed by atoms with Gasteiger partial charge in [0.05, 0.1) is 13.0 Å². The average Bonchev–Trinajstić information content (AvgIpc) is 2.57. The zero-order valence-corrected chi connectivity index (χ0v) is 9.23. The first-order chi connectivity index (χ1) is 8.13. The van der Waals surface area contributed by atoms with Gasteiger partial charge in [-0.1, -0.05) is 12.1 Å². The fraction of sp³-hybridized carbons (Fsp3) is 0.333. The molecule has 0 bridgehead atoms. The normalized spacial score (nSPS) is 17.5. The molecule has 90 valence electrons. The number of fused-ring (bicyclic) bond motifs is 1. The first-order valence-corrected chi connectivity index (χ1v) is 5.28. The van der Waals surface area contributed by atoms with Gasteiger partial charge in [-0.25, -0.2) is 9.18 Å². The van der Waals surface area contributed by atoms with E-state index in [9.17, 15) is 14.0 Å². The van der Waals surface area contributed by atoms with Crippen LogP contribution in [-0.4, -0.2) is 18.5 Å². The minimum Gasteiger partial charge on any atom is -0.466 e. The van der Waals surface area contributed by atoms with E-state index in [1.165, 1.54) is 12.1 Å². The van der Waals surface area contributed by atoms with Crippen LogP contribution in [0.15, 0.2) is 18.2 Å². The lowest BCUT2D eigenvalue weighted by Gasteiger charge is -2.09. The van der Waals surface area contributed by atoms with Crippen molar-refractivity contribution < 1.29 is 23.5 Å². The first-order valence-electron chi connectivity index (χ1n) is 5.28. The molecule has 1 heterocycles. The summed E-state index contributed by atoms with van der Waals surface area (Å²) in [5.74, 6) is -1.83. The maximum atomic E-state index is 13.4. The molecule has 0 saturated heterocycles. The molecule has 0 fully saturated rings. The molecule has 0 N–H and O–H groups in total. The van der Waals surface area contributed by atoms with Crippen molar-refractivity contribution in [1.82, 2.24) is 0 Å². The van der Waals surface area contributed by atoms with Crippen LogP contribution in [0.25, 0.3) is 0 Å². The zero-order chi connectivity index (χ0) is 12.4. The molecule has 17 heavy (non-hydrogen) atoms. The summed E-state index contributed by atoms with van der Waals surface area (Å²) in [7, 11) is 0. The van der Waals surface area contributed by atoms with Crippen molar-refractivity contribution in [1.29, 1.82) is 0 Å². The molecule has 0 spiro atoms. The van der Waals surface area contributed by atoms with Crippen LogP contribution >= 0.6 is 0 Å². The van der Waals surface area contributed by atoms with Gasteiger partial charge in [0.15, 0.2) is 0 Å². The number of carbonyl (C=O) groups is 2. The molecule has 0 saturated carbocycles. The number of ether oxygens (including phenoxy) is 2. The molecule has 0 amide bonds. The summed E-state index contributed by atoms with van der Waals surface area (Å²) in [4.78, 5) is 22.7. The second kappa shape index (κ2) is 4.53. The molecule has 0 aromatic heterocycles. The highest BCUT2D eigenvalue weighted by atomic mass is 19.1. The standard InChI is InChI=1S/C12H11FO4/c1-2-16-10(14)6-9-7-4-3-5-8(13)11(7)12(15)17-9/h3-5,9H,2,6H2,1H3. The van der Waals surface area contributed by atoms with E-state index in [-0.39, 0.29) is 18.6 Å². The Hall–Kier alpha value is -1.91. The van der Waals surface area contributed by atoms with Crippen molar-refractivity contribution in [2.24, 2.45) is 0 Å². The fourth-order valence-electron chi connectivity index (χ4n) is 1.80. The lowest BCUT2D eigenvalue weighted by molar-refractivity contribution is -0.145. The summed E-state index contributed by atoms with van der Waals surface area (Å²) < 4.78 is 23.1. The van der Waals surface area contributed by atoms with E-state index in [1.54, 1.807) is 13.0 Å². The van der Waals surface area contributed by atoms with Gasteiger partial charge < -0.3 is 9.47 Å². The van der Waals surface area contributed by atoms with E-state index in [1.807, 2.05) is 0 Å². The number of rotatable bonds is 3. The summed E-state index contributed by atoms with van der Waals surface area (Å²) in [6.07, 6.45) is -0.831. The number of carbonyl (C=O) groups excluding carboxylic acids is 2. The highest BCUT2D eigenvalue weighted by Gasteiger charge is 2.35. The summed E-state index contributed by atoms with van der Waals surface area (Å²) in [5, 5.41) is 0. The predicted molar refractivity (Wildman–Crippen MR) is 55.8 cm³/mol. The Morgan fingerprint density at radius 3 is 3.00 bits per heavy atom. The van der Waals surface area contributed by atoms with Gasteiger partial charge in [-0.15, -0.1) is 0 Å². The SMILES string of the molecule is CCOC(=O)CC1OC(=O)c2c(F)cccc21. The van der Waals surface area contributed by atoms with Gasteiger partial charge >= 0.3 is 11.9 Å². The quantitative estimate of drug-likeness (QED) is 0.755. The lowest BCUT2D eigenvalue weighted by Crippen LogP contribution is -2.10. The van der Waals surface area contributed by atoms with E-state index in [0.29, 0.717) is 5.56 Å². The molecule has 5 heteroatoms. The van der Waals surface area contributed by atoms with Crippen LogP contribution in [0.5, 0.6) is 0 Å². The molecule has 1 unspecified atom stereocenters. The second-order valence-corrected chi connectivity index (χ2v) is 3.61. The van der Waals surface area contributed by atoms with Gasteiger partial charge in [-0.3, -0.25) is 4.79 Å². The van der Waals surface area contributed by atoms with Crippen LogP contribution in [0, 0.1) is 5.82 Å². The van der Waals surface area contributed by atoms with E-state index in [0.717, 1.165) is 0 Å². The molecule has 1 aromatic carbocycles. The van der Waals surface area contributed by atoms with Crippen molar-refractivity contribution in [3.63, 3.8) is 0 Å². The van der Waals surface area contributed by atoms with Crippen LogP contribution in [0.4, 0.5) is 4.39 Å². The molecule has 1 atom stereocenters. The van der Waals surface area contributed by atoms with Crippen molar-refractivity contribution in [2.45, 2.75) is 19.4 Å². The second-order valence-electron chi connectivity index (χ2n) is 3.61. The number of esters is 2. The maximum Gasteiger partial charge on any atom is 0.342 e. The molecule has 2 rings (SSSR count). The topological polar surface area (TPSA) is 52.6 Å². The third-order valence-corrected chi connectivity index (χ3v) is 2.50.